The van der Waals surface area contributed by atoms with Gasteiger partial charge in [-0.15, -0.1) is 0 Å². The molecule has 1 atom stereocenters. The van der Waals surface area contributed by atoms with E-state index >= 15 is 0 Å². The number of fused-ring (bicyclic) bond motifs is 1. The molecular formula is C15H21N3O. The lowest BCUT2D eigenvalue weighted by molar-refractivity contribution is -0.120. The van der Waals surface area contributed by atoms with E-state index in [9.17, 15) is 4.79 Å². The Hall–Kier alpha value is -1.81. The van der Waals surface area contributed by atoms with Gasteiger partial charge in [0.2, 0.25) is 5.91 Å². The first-order valence-corrected chi connectivity index (χ1v) is 6.62. The van der Waals surface area contributed by atoms with Crippen molar-refractivity contribution in [1.29, 1.82) is 0 Å². The third-order valence-electron chi connectivity index (χ3n) is 3.54. The molecule has 1 unspecified atom stereocenters. The van der Waals surface area contributed by atoms with Crippen LogP contribution in [0, 0.1) is 18.8 Å². The van der Waals surface area contributed by atoms with Gasteiger partial charge in [0.05, 0.1) is 11.6 Å². The van der Waals surface area contributed by atoms with Gasteiger partial charge in [-0.05, 0) is 18.9 Å². The minimum Gasteiger partial charge on any atom is -0.357 e. The number of para-hydroxylation sites is 1. The van der Waals surface area contributed by atoms with E-state index in [-0.39, 0.29) is 17.7 Å². The first kappa shape index (κ1) is 13.6. The van der Waals surface area contributed by atoms with Crippen molar-refractivity contribution in [2.24, 2.45) is 17.6 Å². The molecule has 0 aliphatic carbocycles. The second-order valence-corrected chi connectivity index (χ2v) is 5.25. The van der Waals surface area contributed by atoms with Crippen molar-refractivity contribution in [3.63, 3.8) is 0 Å². The Morgan fingerprint density at radius 2 is 2.05 bits per heavy atom. The van der Waals surface area contributed by atoms with Crippen molar-refractivity contribution in [2.75, 3.05) is 11.9 Å². The fourth-order valence-electron chi connectivity index (χ4n) is 2.34. The molecule has 4 N–H and O–H groups in total. The molecule has 102 valence electrons. The molecule has 0 radical (unpaired) electrons. The predicted octanol–water partition coefficient (Wildman–Crippen LogP) is 2.65. The smallest absolute Gasteiger partial charge is 0.229 e. The van der Waals surface area contributed by atoms with Crippen LogP contribution < -0.4 is 11.1 Å². The number of nitrogens with two attached hydrogens (primary N) is 1. The van der Waals surface area contributed by atoms with Gasteiger partial charge in [0, 0.05) is 23.1 Å². The molecule has 1 amide bonds. The monoisotopic (exact) mass is 259 g/mol. The lowest BCUT2D eigenvalue weighted by Crippen LogP contribution is -2.33. The Balaban J connectivity index is 2.31. The van der Waals surface area contributed by atoms with Gasteiger partial charge >= 0.3 is 0 Å². The van der Waals surface area contributed by atoms with E-state index in [0.717, 1.165) is 22.3 Å². The van der Waals surface area contributed by atoms with E-state index in [1.165, 1.54) is 0 Å². The number of nitrogens with one attached hydrogen (secondary N) is 2. The van der Waals surface area contributed by atoms with E-state index in [1.807, 2.05) is 45.0 Å². The molecule has 2 aromatic rings. The summed E-state index contributed by atoms with van der Waals surface area (Å²) >= 11 is 0. The first-order chi connectivity index (χ1) is 9.04. The average molecular weight is 259 g/mol. The summed E-state index contributed by atoms with van der Waals surface area (Å²) in [5, 5.41) is 4.05. The Morgan fingerprint density at radius 3 is 2.68 bits per heavy atom. The van der Waals surface area contributed by atoms with Crippen LogP contribution in [0.2, 0.25) is 0 Å². The fraction of sp³-hybridized carbons (Fsp3) is 0.400. The Bertz CT molecular complexity index is 586. The summed E-state index contributed by atoms with van der Waals surface area (Å²) in [6.07, 6.45) is 0. The van der Waals surface area contributed by atoms with Crippen molar-refractivity contribution in [3.05, 3.63) is 30.0 Å². The Morgan fingerprint density at radius 1 is 1.37 bits per heavy atom. The number of anilines is 1. The largest absolute Gasteiger partial charge is 0.357 e. The normalized spacial score (nSPS) is 12.9. The molecule has 0 aliphatic rings. The summed E-state index contributed by atoms with van der Waals surface area (Å²) in [7, 11) is 0. The fourth-order valence-corrected chi connectivity index (χ4v) is 2.34. The summed E-state index contributed by atoms with van der Waals surface area (Å²) in [6.45, 7) is 6.35. The van der Waals surface area contributed by atoms with Crippen LogP contribution in [0.25, 0.3) is 10.9 Å². The summed E-state index contributed by atoms with van der Waals surface area (Å²) in [4.78, 5) is 15.5. The molecule has 0 spiro atoms. The van der Waals surface area contributed by atoms with E-state index in [2.05, 4.69) is 10.3 Å². The lowest BCUT2D eigenvalue weighted by Gasteiger charge is -2.18. The number of aryl methyl sites for hydroxylation is 1. The van der Waals surface area contributed by atoms with Crippen molar-refractivity contribution in [2.45, 2.75) is 20.8 Å². The standard InChI is InChI=1S/C15H21N3O/c1-9(2)12(8-16)15(19)18-14-10(3)17-13-7-5-4-6-11(13)14/h4-7,9,12,17H,8,16H2,1-3H3,(H,18,19). The first-order valence-electron chi connectivity index (χ1n) is 6.62. The predicted molar refractivity (Wildman–Crippen MR) is 79.0 cm³/mol. The molecule has 0 aliphatic heterocycles. The SMILES string of the molecule is Cc1[nH]c2ccccc2c1NC(=O)C(CN)C(C)C. The molecule has 2 rings (SSSR count). The summed E-state index contributed by atoms with van der Waals surface area (Å²) < 4.78 is 0. The van der Waals surface area contributed by atoms with Gasteiger partial charge in [-0.25, -0.2) is 0 Å². The molecule has 19 heavy (non-hydrogen) atoms. The second kappa shape index (κ2) is 5.45. The zero-order chi connectivity index (χ0) is 14.0. The van der Waals surface area contributed by atoms with E-state index in [0.29, 0.717) is 6.54 Å². The second-order valence-electron chi connectivity index (χ2n) is 5.25. The zero-order valence-corrected chi connectivity index (χ0v) is 11.7. The molecule has 0 bridgehead atoms. The van der Waals surface area contributed by atoms with Gasteiger partial charge in [0.25, 0.3) is 0 Å². The van der Waals surface area contributed by atoms with Gasteiger partial charge in [-0.1, -0.05) is 32.0 Å². The van der Waals surface area contributed by atoms with Crippen LogP contribution in [-0.2, 0) is 4.79 Å². The maximum Gasteiger partial charge on any atom is 0.229 e. The van der Waals surface area contributed by atoms with Crippen LogP contribution in [0.15, 0.2) is 24.3 Å². The number of benzene rings is 1. The van der Waals surface area contributed by atoms with Gasteiger partial charge in [0.1, 0.15) is 0 Å². The van der Waals surface area contributed by atoms with Crippen LogP contribution in [0.5, 0.6) is 0 Å². The number of amides is 1. The molecular weight excluding hydrogens is 238 g/mol. The van der Waals surface area contributed by atoms with E-state index in [1.54, 1.807) is 0 Å². The highest BCUT2D eigenvalue weighted by molar-refractivity contribution is 6.03. The van der Waals surface area contributed by atoms with Gasteiger partial charge in [-0.2, -0.15) is 0 Å². The van der Waals surface area contributed by atoms with Gasteiger partial charge in [-0.3, -0.25) is 4.79 Å². The number of rotatable bonds is 4. The van der Waals surface area contributed by atoms with E-state index in [4.69, 9.17) is 5.73 Å². The highest BCUT2D eigenvalue weighted by atomic mass is 16.1. The molecule has 1 heterocycles. The van der Waals surface area contributed by atoms with Crippen molar-refractivity contribution in [3.8, 4) is 0 Å². The number of aromatic nitrogens is 1. The summed E-state index contributed by atoms with van der Waals surface area (Å²) in [6, 6.07) is 7.94. The van der Waals surface area contributed by atoms with Crippen LogP contribution in [0.3, 0.4) is 0 Å². The zero-order valence-electron chi connectivity index (χ0n) is 11.7. The van der Waals surface area contributed by atoms with Crippen molar-refractivity contribution >= 4 is 22.5 Å². The molecule has 0 saturated heterocycles. The van der Waals surface area contributed by atoms with Crippen molar-refractivity contribution in [1.82, 2.24) is 4.98 Å². The maximum atomic E-state index is 12.3. The van der Waals surface area contributed by atoms with Crippen LogP contribution in [-0.4, -0.2) is 17.4 Å². The number of H-pyrrole nitrogens is 1. The number of hydrogen-bond donors (Lipinski definition) is 3. The van der Waals surface area contributed by atoms with Crippen LogP contribution in [0.1, 0.15) is 19.5 Å². The van der Waals surface area contributed by atoms with Gasteiger partial charge in [0.15, 0.2) is 0 Å². The van der Waals surface area contributed by atoms with Crippen molar-refractivity contribution < 1.29 is 4.79 Å². The number of aromatic amines is 1. The third-order valence-corrected chi connectivity index (χ3v) is 3.54. The Kier molecular flexibility index (Phi) is 3.90. The molecule has 4 nitrogen and oxygen atoms in total. The molecule has 1 aromatic heterocycles. The number of carbonyl (C=O) groups is 1. The van der Waals surface area contributed by atoms with E-state index < -0.39 is 0 Å². The molecule has 0 fully saturated rings. The maximum absolute atomic E-state index is 12.3. The van der Waals surface area contributed by atoms with Gasteiger partial charge < -0.3 is 16.0 Å². The topological polar surface area (TPSA) is 70.9 Å². The van der Waals surface area contributed by atoms with Crippen LogP contribution in [0.4, 0.5) is 5.69 Å². The highest BCUT2D eigenvalue weighted by Gasteiger charge is 2.22. The third kappa shape index (κ3) is 2.63. The summed E-state index contributed by atoms with van der Waals surface area (Å²) in [5.41, 5.74) is 8.54. The lowest BCUT2D eigenvalue weighted by atomic mass is 9.95. The molecule has 1 aromatic carbocycles. The average Bonchev–Trinajstić information content (AvgIpc) is 2.66. The molecule has 4 heteroatoms. The Labute approximate surface area is 113 Å². The summed E-state index contributed by atoms with van der Waals surface area (Å²) in [5.74, 6) is 0.0638. The highest BCUT2D eigenvalue weighted by Crippen LogP contribution is 2.27. The minimum absolute atomic E-state index is 0.00893. The molecule has 0 saturated carbocycles. The number of hydrogen-bond acceptors (Lipinski definition) is 2. The number of carbonyl (C=O) groups excluding carboxylic acids is 1. The quantitative estimate of drug-likeness (QED) is 0.790. The minimum atomic E-state index is -0.159. The van der Waals surface area contributed by atoms with Crippen LogP contribution >= 0.6 is 0 Å².